The summed E-state index contributed by atoms with van der Waals surface area (Å²) in [6.45, 7) is 3.14. The molecule has 0 unspecified atom stereocenters. The molecule has 0 spiro atoms. The number of phenols is 1. The van der Waals surface area contributed by atoms with Gasteiger partial charge in [0.25, 0.3) is 0 Å². The van der Waals surface area contributed by atoms with Crippen LogP contribution in [0.1, 0.15) is 36.8 Å². The van der Waals surface area contributed by atoms with Crippen molar-refractivity contribution in [3.63, 3.8) is 0 Å². The summed E-state index contributed by atoms with van der Waals surface area (Å²) in [5.74, 6) is 0.00848. The molecular weight excluding hydrogens is 606 g/mol. The summed E-state index contributed by atoms with van der Waals surface area (Å²) in [4.78, 5) is 45.6. The Hall–Kier alpha value is -4.63. The van der Waals surface area contributed by atoms with E-state index in [0.717, 1.165) is 6.26 Å². The lowest BCUT2D eigenvalue weighted by molar-refractivity contribution is -0.141. The van der Waals surface area contributed by atoms with E-state index in [-0.39, 0.29) is 49.7 Å². The van der Waals surface area contributed by atoms with Crippen molar-refractivity contribution in [3.8, 4) is 34.5 Å². The lowest BCUT2D eigenvalue weighted by Gasteiger charge is -2.27. The molecule has 1 aromatic heterocycles. The predicted octanol–water partition coefficient (Wildman–Crippen LogP) is 1.74. The molecule has 6 bridgehead atoms. The number of sulfonamides is 1. The number of phenolic OH excluding ortho intramolecular Hbond substituents is 1. The average Bonchev–Trinajstić information content (AvgIpc) is 3.57. The fourth-order valence-corrected chi connectivity index (χ4v) is 6.18. The van der Waals surface area contributed by atoms with Gasteiger partial charge in [-0.15, -0.1) is 0 Å². The average molecular weight is 642 g/mol. The lowest BCUT2D eigenvalue weighted by Crippen LogP contribution is -2.52. The largest absolute Gasteiger partial charge is 0.504 e. The van der Waals surface area contributed by atoms with Crippen molar-refractivity contribution in [1.82, 2.24) is 25.2 Å². The van der Waals surface area contributed by atoms with Crippen LogP contribution in [-0.4, -0.2) is 79.2 Å². The van der Waals surface area contributed by atoms with E-state index in [1.165, 1.54) is 25.0 Å². The molecule has 4 heterocycles. The van der Waals surface area contributed by atoms with Gasteiger partial charge in [-0.1, -0.05) is 6.07 Å². The number of amides is 3. The molecule has 3 aromatic rings. The summed E-state index contributed by atoms with van der Waals surface area (Å²) in [6, 6.07) is 7.08. The van der Waals surface area contributed by atoms with Crippen molar-refractivity contribution in [2.24, 2.45) is 0 Å². The van der Waals surface area contributed by atoms with Crippen molar-refractivity contribution in [1.29, 1.82) is 0 Å². The van der Waals surface area contributed by atoms with Crippen LogP contribution in [0.25, 0.3) is 11.5 Å². The highest BCUT2D eigenvalue weighted by atomic mass is 32.2. The Bertz CT molecular complexity index is 1740. The minimum atomic E-state index is -3.62. The second-order valence-electron chi connectivity index (χ2n) is 11.1. The summed E-state index contributed by atoms with van der Waals surface area (Å²) >= 11 is 0. The number of hydrogen-bond acceptors (Lipinski definition) is 10. The van der Waals surface area contributed by atoms with E-state index in [0.29, 0.717) is 34.1 Å². The highest BCUT2D eigenvalue weighted by molar-refractivity contribution is 7.88. The Morgan fingerprint density at radius 1 is 1.11 bits per heavy atom. The van der Waals surface area contributed by atoms with Crippen molar-refractivity contribution in [3.05, 3.63) is 53.4 Å². The number of methoxy groups -OCH3 is 1. The number of hydrogen-bond donors (Lipinski definition) is 4. The zero-order valence-electron chi connectivity index (χ0n) is 25.2. The Kier molecular flexibility index (Phi) is 9.02. The van der Waals surface area contributed by atoms with E-state index in [1.807, 2.05) is 0 Å². The standard InChI is InChI=1S/C30H35N5O9S/c1-16-30(39)35-15-20(34-45(4,40)41)13-22(35)28(38)31-14-21-17(2)43-29(33-21)19-7-9-24(26(12-19)42-3)44-25-11-18(5-8-23(25)36)6-10-27(37)32-16/h5,7-9,11-12,16,20,22,34,36H,6,10,13-15H2,1-4H3,(H,31,38)(H,32,37)/t16-,20+,22+/m1/s1. The highest BCUT2D eigenvalue weighted by Gasteiger charge is 2.42. The molecule has 14 nitrogen and oxygen atoms in total. The Balaban J connectivity index is 1.49. The normalized spacial score (nSPS) is 21.2. The molecule has 0 aliphatic carbocycles. The van der Waals surface area contributed by atoms with Crippen LogP contribution >= 0.6 is 0 Å². The van der Waals surface area contributed by atoms with Gasteiger partial charge in [-0.2, -0.15) is 0 Å². The molecule has 0 saturated carbocycles. The van der Waals surface area contributed by atoms with Gasteiger partial charge in [0, 0.05) is 24.6 Å². The van der Waals surface area contributed by atoms with E-state index < -0.39 is 45.9 Å². The number of nitrogens with one attached hydrogen (secondary N) is 3. The molecule has 0 radical (unpaired) electrons. The second-order valence-corrected chi connectivity index (χ2v) is 12.9. The number of aryl methyl sites for hydroxylation is 2. The number of aromatic hydroxyl groups is 1. The molecule has 6 rings (SSSR count). The van der Waals surface area contributed by atoms with Gasteiger partial charge in [-0.3, -0.25) is 14.4 Å². The van der Waals surface area contributed by atoms with Gasteiger partial charge in [-0.25, -0.2) is 18.1 Å². The predicted molar refractivity (Wildman–Crippen MR) is 161 cm³/mol. The summed E-state index contributed by atoms with van der Waals surface area (Å²) in [5.41, 5.74) is 1.72. The number of carbonyl (C=O) groups is 3. The zero-order chi connectivity index (χ0) is 32.5. The maximum absolute atomic E-state index is 13.5. The van der Waals surface area contributed by atoms with Gasteiger partial charge < -0.3 is 34.5 Å². The minimum Gasteiger partial charge on any atom is -0.504 e. The maximum Gasteiger partial charge on any atom is 0.245 e. The molecule has 1 saturated heterocycles. The first-order valence-electron chi connectivity index (χ1n) is 14.3. The van der Waals surface area contributed by atoms with Gasteiger partial charge in [0.05, 0.1) is 19.9 Å². The molecule has 3 aliphatic heterocycles. The third kappa shape index (κ3) is 7.37. The first-order valence-corrected chi connectivity index (χ1v) is 16.2. The third-order valence-electron chi connectivity index (χ3n) is 7.63. The number of ether oxygens (including phenoxy) is 2. The molecule has 3 aliphatic rings. The fraction of sp³-hybridized carbons (Fsp3) is 0.400. The molecule has 240 valence electrons. The number of oxazole rings is 1. The van der Waals surface area contributed by atoms with Crippen molar-refractivity contribution >= 4 is 27.7 Å². The van der Waals surface area contributed by atoms with Crippen LogP contribution in [0, 0.1) is 6.92 Å². The van der Waals surface area contributed by atoms with E-state index in [1.54, 1.807) is 37.3 Å². The van der Waals surface area contributed by atoms with Crippen molar-refractivity contribution in [2.45, 2.75) is 57.8 Å². The van der Waals surface area contributed by atoms with Crippen LogP contribution in [0.15, 0.2) is 40.8 Å². The molecule has 2 aromatic carbocycles. The molecule has 45 heavy (non-hydrogen) atoms. The third-order valence-corrected chi connectivity index (χ3v) is 8.40. The molecule has 15 heteroatoms. The number of carbonyl (C=O) groups excluding carboxylic acids is 3. The molecule has 3 atom stereocenters. The first-order chi connectivity index (χ1) is 21.3. The van der Waals surface area contributed by atoms with Crippen LogP contribution < -0.4 is 24.8 Å². The highest BCUT2D eigenvalue weighted by Crippen LogP contribution is 2.39. The van der Waals surface area contributed by atoms with Gasteiger partial charge >= 0.3 is 0 Å². The lowest BCUT2D eigenvalue weighted by atomic mass is 10.1. The van der Waals surface area contributed by atoms with Crippen molar-refractivity contribution in [2.75, 3.05) is 19.9 Å². The van der Waals surface area contributed by atoms with Crippen LogP contribution in [0.2, 0.25) is 0 Å². The molecule has 1 fully saturated rings. The second kappa shape index (κ2) is 12.8. The summed E-state index contributed by atoms with van der Waals surface area (Å²) in [5, 5.41) is 15.9. The topological polar surface area (TPSA) is 189 Å². The number of nitrogens with zero attached hydrogens (tertiary/aromatic N) is 2. The molecule has 4 N–H and O–H groups in total. The van der Waals surface area contributed by atoms with Crippen LogP contribution in [0.5, 0.6) is 23.0 Å². The van der Waals surface area contributed by atoms with Crippen LogP contribution in [0.3, 0.4) is 0 Å². The molecule has 3 amide bonds. The fourth-order valence-electron chi connectivity index (χ4n) is 5.40. The minimum absolute atomic E-state index is 0.0168. The monoisotopic (exact) mass is 641 g/mol. The summed E-state index contributed by atoms with van der Waals surface area (Å²) < 4.78 is 43.7. The first kappa shape index (κ1) is 31.8. The number of rotatable bonds is 3. The van der Waals surface area contributed by atoms with Gasteiger partial charge in [0.1, 0.15) is 23.5 Å². The maximum atomic E-state index is 13.5. The van der Waals surface area contributed by atoms with Crippen LogP contribution in [-0.2, 0) is 37.4 Å². The Morgan fingerprint density at radius 2 is 1.89 bits per heavy atom. The van der Waals surface area contributed by atoms with E-state index in [9.17, 15) is 27.9 Å². The van der Waals surface area contributed by atoms with E-state index in [2.05, 4.69) is 20.3 Å². The quantitative estimate of drug-likeness (QED) is 0.328. The van der Waals surface area contributed by atoms with E-state index >= 15 is 0 Å². The van der Waals surface area contributed by atoms with Crippen molar-refractivity contribution < 1.29 is 41.8 Å². The number of benzene rings is 2. The smallest absolute Gasteiger partial charge is 0.245 e. The van der Waals surface area contributed by atoms with E-state index in [4.69, 9.17) is 13.9 Å². The van der Waals surface area contributed by atoms with Crippen LogP contribution in [0.4, 0.5) is 0 Å². The molecular formula is C30H35N5O9S. The number of aromatic nitrogens is 1. The zero-order valence-corrected chi connectivity index (χ0v) is 26.1. The summed E-state index contributed by atoms with van der Waals surface area (Å²) in [6.07, 6.45) is 1.36. The van der Waals surface area contributed by atoms with Gasteiger partial charge in [0.2, 0.25) is 33.6 Å². The Labute approximate surface area is 260 Å². The van der Waals surface area contributed by atoms with Gasteiger partial charge in [0.15, 0.2) is 23.0 Å². The number of fused-ring (bicyclic) bond motifs is 9. The summed E-state index contributed by atoms with van der Waals surface area (Å²) in [7, 11) is -2.14. The SMILES string of the molecule is COc1cc2ccc1Oc1cc(ccc1O)CCC(=O)N[C@H](C)C(=O)N1C[C@@H](NS(C)(=O)=O)C[C@H]1C(=O)NCc1nc-2oc1C. The Morgan fingerprint density at radius 3 is 2.62 bits per heavy atom. The van der Waals surface area contributed by atoms with Gasteiger partial charge in [-0.05, 0) is 62.6 Å².